The summed E-state index contributed by atoms with van der Waals surface area (Å²) < 4.78 is 4.97. The van der Waals surface area contributed by atoms with Gasteiger partial charge in [0.05, 0.1) is 19.2 Å². The summed E-state index contributed by atoms with van der Waals surface area (Å²) in [7, 11) is 1.37. The lowest BCUT2D eigenvalue weighted by molar-refractivity contribution is -0.117. The van der Waals surface area contributed by atoms with Gasteiger partial charge in [0, 0.05) is 41.6 Å². The van der Waals surface area contributed by atoms with Gasteiger partial charge in [-0.1, -0.05) is 17.7 Å². The van der Waals surface area contributed by atoms with Crippen LogP contribution >= 0.6 is 22.9 Å². The van der Waals surface area contributed by atoms with Gasteiger partial charge >= 0.3 is 5.97 Å². The Kier molecular flexibility index (Phi) is 7.13. The number of carbonyl (C=O) groups is 3. The van der Waals surface area contributed by atoms with Crippen LogP contribution in [0.1, 0.15) is 44.0 Å². The molecule has 0 radical (unpaired) electrons. The van der Waals surface area contributed by atoms with E-state index in [0.29, 0.717) is 47.3 Å². The predicted molar refractivity (Wildman–Crippen MR) is 125 cm³/mol. The fraction of sp³-hybridized carbons (Fsp3) is 0.435. The molecule has 0 saturated carbocycles. The number of nitrogens with zero attached hydrogens (tertiary/aromatic N) is 2. The molecule has 1 aromatic carbocycles. The van der Waals surface area contributed by atoms with Crippen LogP contribution in [0.4, 0.5) is 5.00 Å². The second-order valence-corrected chi connectivity index (χ2v) is 9.58. The van der Waals surface area contributed by atoms with E-state index in [-0.39, 0.29) is 18.4 Å². The van der Waals surface area contributed by atoms with Crippen molar-refractivity contribution in [2.24, 2.45) is 0 Å². The molecule has 0 bridgehead atoms. The average molecular weight is 476 g/mol. The third-order valence-corrected chi connectivity index (χ3v) is 7.35. The zero-order chi connectivity index (χ0) is 22.7. The zero-order valence-corrected chi connectivity index (χ0v) is 19.6. The molecule has 2 aromatic rings. The SMILES string of the molecule is COC(=O)c1c(NC(=O)CN2CCN(C(=O)c3cccc(Cl)c3)CC2)sc2c1CCCC2. The zero-order valence-electron chi connectivity index (χ0n) is 18.0. The van der Waals surface area contributed by atoms with Crippen molar-refractivity contribution in [3.63, 3.8) is 0 Å². The van der Waals surface area contributed by atoms with Crippen molar-refractivity contribution in [2.75, 3.05) is 45.2 Å². The van der Waals surface area contributed by atoms with Gasteiger partial charge in [-0.25, -0.2) is 4.79 Å². The number of aryl methyl sites for hydroxylation is 1. The molecule has 1 aromatic heterocycles. The first-order valence-corrected chi connectivity index (χ1v) is 12.0. The first kappa shape index (κ1) is 22.8. The molecule has 1 saturated heterocycles. The monoisotopic (exact) mass is 475 g/mol. The molecule has 2 heterocycles. The summed E-state index contributed by atoms with van der Waals surface area (Å²) in [5.41, 5.74) is 2.11. The number of hydrogen-bond donors (Lipinski definition) is 1. The number of ether oxygens (including phenoxy) is 1. The molecule has 1 fully saturated rings. The molecule has 2 aliphatic rings. The number of rotatable bonds is 5. The van der Waals surface area contributed by atoms with Gasteiger partial charge in [0.15, 0.2) is 0 Å². The van der Waals surface area contributed by atoms with Gasteiger partial charge < -0.3 is 15.0 Å². The Balaban J connectivity index is 1.34. The van der Waals surface area contributed by atoms with Crippen LogP contribution in [0.3, 0.4) is 0 Å². The van der Waals surface area contributed by atoms with E-state index in [1.807, 2.05) is 4.90 Å². The maximum Gasteiger partial charge on any atom is 0.341 e. The Hall–Kier alpha value is -2.42. The minimum Gasteiger partial charge on any atom is -0.465 e. The number of carbonyl (C=O) groups excluding carboxylic acids is 3. The number of esters is 1. The summed E-state index contributed by atoms with van der Waals surface area (Å²) >= 11 is 7.48. The highest BCUT2D eigenvalue weighted by molar-refractivity contribution is 7.17. The van der Waals surface area contributed by atoms with Crippen LogP contribution in [0, 0.1) is 0 Å². The average Bonchev–Trinajstić information content (AvgIpc) is 3.16. The quantitative estimate of drug-likeness (QED) is 0.670. The first-order valence-electron chi connectivity index (χ1n) is 10.8. The second kappa shape index (κ2) is 10.0. The maximum absolute atomic E-state index is 12.7. The number of nitrogens with one attached hydrogen (secondary N) is 1. The minimum absolute atomic E-state index is 0.0523. The van der Waals surface area contributed by atoms with Gasteiger partial charge in [0.25, 0.3) is 5.91 Å². The number of methoxy groups -OCH3 is 1. The summed E-state index contributed by atoms with van der Waals surface area (Å²) in [5, 5.41) is 4.06. The van der Waals surface area contributed by atoms with Crippen LogP contribution in [-0.4, -0.2) is 67.4 Å². The number of amides is 2. The van der Waals surface area contributed by atoms with E-state index in [1.54, 1.807) is 29.2 Å². The van der Waals surface area contributed by atoms with Gasteiger partial charge in [-0.2, -0.15) is 0 Å². The fourth-order valence-electron chi connectivity index (χ4n) is 4.25. The molecule has 0 spiro atoms. The van der Waals surface area contributed by atoms with Crippen molar-refractivity contribution in [3.8, 4) is 0 Å². The third-order valence-electron chi connectivity index (χ3n) is 5.91. The molecule has 0 atom stereocenters. The molecule has 4 rings (SSSR count). The minimum atomic E-state index is -0.396. The van der Waals surface area contributed by atoms with Crippen molar-refractivity contribution in [3.05, 3.63) is 50.9 Å². The Labute approximate surface area is 196 Å². The number of fused-ring (bicyclic) bond motifs is 1. The molecule has 170 valence electrons. The number of piperazine rings is 1. The molecule has 32 heavy (non-hydrogen) atoms. The van der Waals surface area contributed by atoms with E-state index in [2.05, 4.69) is 5.32 Å². The molecule has 7 nitrogen and oxygen atoms in total. The van der Waals surface area contributed by atoms with Gasteiger partial charge in [0.1, 0.15) is 5.00 Å². The number of hydrogen-bond acceptors (Lipinski definition) is 6. The van der Waals surface area contributed by atoms with Crippen LogP contribution in [0.2, 0.25) is 5.02 Å². The summed E-state index contributed by atoms with van der Waals surface area (Å²) in [4.78, 5) is 42.7. The van der Waals surface area contributed by atoms with E-state index in [9.17, 15) is 14.4 Å². The van der Waals surface area contributed by atoms with Crippen molar-refractivity contribution < 1.29 is 19.1 Å². The number of benzene rings is 1. The Morgan fingerprint density at radius 2 is 1.88 bits per heavy atom. The highest BCUT2D eigenvalue weighted by Crippen LogP contribution is 2.38. The van der Waals surface area contributed by atoms with Crippen LogP contribution in [-0.2, 0) is 22.4 Å². The van der Waals surface area contributed by atoms with Crippen molar-refractivity contribution in [2.45, 2.75) is 25.7 Å². The standard InChI is InChI=1S/C23H26ClN3O4S/c1-31-23(30)20-17-7-2-3-8-18(17)32-21(20)25-19(28)14-26-9-11-27(12-10-26)22(29)15-5-4-6-16(24)13-15/h4-6,13H,2-3,7-12,14H2,1H3,(H,25,28). The molecule has 0 unspecified atom stereocenters. The van der Waals surface area contributed by atoms with Gasteiger partial charge in [0.2, 0.25) is 5.91 Å². The molecule has 1 N–H and O–H groups in total. The van der Waals surface area contributed by atoms with E-state index < -0.39 is 5.97 Å². The normalized spacial score (nSPS) is 16.4. The highest BCUT2D eigenvalue weighted by Gasteiger charge is 2.28. The van der Waals surface area contributed by atoms with Crippen molar-refractivity contribution in [1.29, 1.82) is 0 Å². The number of anilines is 1. The van der Waals surface area contributed by atoms with E-state index in [1.165, 1.54) is 23.3 Å². The fourth-order valence-corrected chi connectivity index (χ4v) is 5.74. The Bertz CT molecular complexity index is 1030. The molecular formula is C23H26ClN3O4S. The smallest absolute Gasteiger partial charge is 0.341 e. The lowest BCUT2D eigenvalue weighted by Crippen LogP contribution is -2.50. The van der Waals surface area contributed by atoms with Crippen LogP contribution < -0.4 is 5.32 Å². The van der Waals surface area contributed by atoms with Gasteiger partial charge in [-0.3, -0.25) is 14.5 Å². The van der Waals surface area contributed by atoms with Crippen molar-refractivity contribution >= 4 is 45.7 Å². The summed E-state index contributed by atoms with van der Waals surface area (Å²) in [6, 6.07) is 6.93. The maximum atomic E-state index is 12.7. The molecule has 9 heteroatoms. The van der Waals surface area contributed by atoms with Gasteiger partial charge in [-0.15, -0.1) is 11.3 Å². The number of thiophene rings is 1. The topological polar surface area (TPSA) is 79.0 Å². The first-order chi connectivity index (χ1) is 15.5. The highest BCUT2D eigenvalue weighted by atomic mass is 35.5. The lowest BCUT2D eigenvalue weighted by atomic mass is 9.95. The summed E-state index contributed by atoms with van der Waals surface area (Å²) in [5.74, 6) is -0.611. The van der Waals surface area contributed by atoms with Gasteiger partial charge in [-0.05, 0) is 49.4 Å². The summed E-state index contributed by atoms with van der Waals surface area (Å²) in [6.07, 6.45) is 3.91. The largest absolute Gasteiger partial charge is 0.465 e. The lowest BCUT2D eigenvalue weighted by Gasteiger charge is -2.34. The summed E-state index contributed by atoms with van der Waals surface area (Å²) in [6.45, 7) is 2.50. The second-order valence-electron chi connectivity index (χ2n) is 8.03. The molecule has 1 aliphatic carbocycles. The van der Waals surface area contributed by atoms with Crippen molar-refractivity contribution in [1.82, 2.24) is 9.80 Å². The predicted octanol–water partition coefficient (Wildman–Crippen LogP) is 3.46. The van der Waals surface area contributed by atoms with E-state index in [4.69, 9.17) is 16.3 Å². The molecule has 2 amide bonds. The van der Waals surface area contributed by atoms with Crippen LogP contribution in [0.15, 0.2) is 24.3 Å². The Morgan fingerprint density at radius 3 is 2.59 bits per heavy atom. The third kappa shape index (κ3) is 4.98. The van der Waals surface area contributed by atoms with Crippen LogP contribution in [0.5, 0.6) is 0 Å². The molecular weight excluding hydrogens is 450 g/mol. The van der Waals surface area contributed by atoms with Crippen LogP contribution in [0.25, 0.3) is 0 Å². The number of halogens is 1. The Morgan fingerprint density at radius 1 is 1.12 bits per heavy atom. The van der Waals surface area contributed by atoms with E-state index in [0.717, 1.165) is 31.2 Å². The van der Waals surface area contributed by atoms with E-state index >= 15 is 0 Å². The molecule has 1 aliphatic heterocycles.